The Hall–Kier alpha value is -1.28. The van der Waals surface area contributed by atoms with Crippen LogP contribution in [-0.4, -0.2) is 0 Å². The van der Waals surface area contributed by atoms with E-state index < -0.39 is 41.2 Å². The smallest absolute Gasteiger partial charge is 0.200 e. The van der Waals surface area contributed by atoms with Gasteiger partial charge in [-0.25, -0.2) is 22.0 Å². The number of hydrogen-bond acceptors (Lipinski definition) is 2. The van der Waals surface area contributed by atoms with Gasteiger partial charge in [-0.05, 0) is 4.53 Å². The van der Waals surface area contributed by atoms with Gasteiger partial charge in [0.2, 0.25) is 5.82 Å². The van der Waals surface area contributed by atoms with E-state index in [1.54, 1.807) is 0 Å². The molecule has 0 aromatic heterocycles. The summed E-state index contributed by atoms with van der Waals surface area (Å²) in [7, 11) is 0. The van der Waals surface area contributed by atoms with Gasteiger partial charge in [0.1, 0.15) is 0 Å². The molecule has 0 radical (unpaired) electrons. The predicted octanol–water partition coefficient (Wildman–Crippen LogP) is 2.29. The van der Waals surface area contributed by atoms with Crippen LogP contribution in [0.5, 0.6) is 0 Å². The van der Waals surface area contributed by atoms with Crippen molar-refractivity contribution in [3.05, 3.63) is 34.6 Å². The molecule has 0 heterocycles. The highest BCUT2D eigenvalue weighted by Crippen LogP contribution is 2.22. The van der Waals surface area contributed by atoms with Gasteiger partial charge >= 0.3 is 0 Å². The Morgan fingerprint density at radius 2 is 1.20 bits per heavy atom. The van der Waals surface area contributed by atoms with Crippen LogP contribution >= 0.6 is 0 Å². The minimum Gasteiger partial charge on any atom is -0.203 e. The van der Waals surface area contributed by atoms with Gasteiger partial charge in [-0.15, -0.1) is 0 Å². The summed E-state index contributed by atoms with van der Waals surface area (Å²) in [4.78, 5) is 0. The molecule has 0 atom stereocenters. The average molecular weight is 231 g/mol. The van der Waals surface area contributed by atoms with Crippen LogP contribution in [0.15, 0.2) is 0 Å². The van der Waals surface area contributed by atoms with E-state index in [0.29, 0.717) is 0 Å². The lowest BCUT2D eigenvalue weighted by molar-refractivity contribution is -0.195. The van der Waals surface area contributed by atoms with Crippen LogP contribution in [0.3, 0.4) is 0 Å². The van der Waals surface area contributed by atoms with Crippen molar-refractivity contribution >= 4 is 0 Å². The molecule has 2 nitrogen and oxygen atoms in total. The second-order valence-electron chi connectivity index (χ2n) is 2.45. The highest BCUT2D eigenvalue weighted by Gasteiger charge is 2.25. The summed E-state index contributed by atoms with van der Waals surface area (Å²) in [5.41, 5.74) is 0.113. The van der Waals surface area contributed by atoms with Gasteiger partial charge < -0.3 is 0 Å². The molecule has 0 amide bonds. The number of benzene rings is 1. The van der Waals surface area contributed by atoms with Crippen LogP contribution in [0.1, 0.15) is 5.56 Å². The van der Waals surface area contributed by atoms with E-state index in [9.17, 15) is 26.5 Å². The van der Waals surface area contributed by atoms with Gasteiger partial charge in [0.05, 0.1) is 6.54 Å². The SMILES string of the molecule is FONCc1c(F)c(F)c(F)c(F)c1F. The van der Waals surface area contributed by atoms with Crippen LogP contribution in [0.25, 0.3) is 0 Å². The normalized spacial score (nSPS) is 10.8. The van der Waals surface area contributed by atoms with Crippen LogP contribution in [0.4, 0.5) is 26.5 Å². The molecule has 0 spiro atoms. The second kappa shape index (κ2) is 4.49. The molecule has 8 heteroatoms. The van der Waals surface area contributed by atoms with E-state index >= 15 is 0 Å². The van der Waals surface area contributed by atoms with Crippen molar-refractivity contribution in [1.82, 2.24) is 5.48 Å². The Morgan fingerprint density at radius 3 is 1.60 bits per heavy atom. The minimum absolute atomic E-state index is 0.998. The molecule has 0 saturated carbocycles. The van der Waals surface area contributed by atoms with Crippen LogP contribution < -0.4 is 5.48 Å². The summed E-state index contributed by atoms with van der Waals surface area (Å²) in [6.45, 7) is -0.998. The first-order valence-corrected chi connectivity index (χ1v) is 3.51. The Labute approximate surface area is 79.3 Å². The lowest BCUT2D eigenvalue weighted by Gasteiger charge is -2.06. The molecule has 84 valence electrons. The number of halogens is 6. The maximum absolute atomic E-state index is 12.8. The standard InChI is InChI=1S/C7H3F6NO/c8-3-2(1-14-15-13)4(9)6(11)7(12)5(3)10/h14H,1H2. The highest BCUT2D eigenvalue weighted by atomic mass is 19.3. The van der Waals surface area contributed by atoms with Gasteiger partial charge in [0.25, 0.3) is 0 Å². The Kier molecular flexibility index (Phi) is 3.53. The lowest BCUT2D eigenvalue weighted by Crippen LogP contribution is -2.15. The quantitative estimate of drug-likeness (QED) is 0.373. The van der Waals surface area contributed by atoms with Crippen molar-refractivity contribution in [3.8, 4) is 0 Å². The fourth-order valence-electron chi connectivity index (χ4n) is 0.905. The maximum atomic E-state index is 12.8. The van der Waals surface area contributed by atoms with Gasteiger partial charge in [-0.3, -0.25) is 0 Å². The van der Waals surface area contributed by atoms with E-state index in [2.05, 4.69) is 5.04 Å². The van der Waals surface area contributed by atoms with Crippen molar-refractivity contribution in [2.75, 3.05) is 0 Å². The fourth-order valence-corrected chi connectivity index (χ4v) is 0.905. The van der Waals surface area contributed by atoms with Gasteiger partial charge in [0.15, 0.2) is 23.3 Å². The van der Waals surface area contributed by atoms with Crippen molar-refractivity contribution in [3.63, 3.8) is 0 Å². The summed E-state index contributed by atoms with van der Waals surface area (Å²) in [6, 6.07) is 0. The molecule has 1 aromatic rings. The number of hydrogen-bond donors (Lipinski definition) is 1. The molecular formula is C7H3F6NO. The topological polar surface area (TPSA) is 21.3 Å². The molecule has 1 N–H and O–H groups in total. The van der Waals surface area contributed by atoms with Crippen molar-refractivity contribution in [1.29, 1.82) is 0 Å². The zero-order chi connectivity index (χ0) is 11.6. The lowest BCUT2D eigenvalue weighted by atomic mass is 10.1. The molecule has 0 bridgehead atoms. The van der Waals surface area contributed by atoms with E-state index in [1.807, 2.05) is 0 Å². The van der Waals surface area contributed by atoms with Crippen molar-refractivity contribution < 1.29 is 31.5 Å². The molecule has 15 heavy (non-hydrogen) atoms. The molecule has 1 rings (SSSR count). The molecule has 0 aliphatic carbocycles. The van der Waals surface area contributed by atoms with Crippen LogP contribution in [0.2, 0.25) is 0 Å². The first-order chi connectivity index (χ1) is 7.00. The predicted molar refractivity (Wildman–Crippen MR) is 35.3 cm³/mol. The zero-order valence-electron chi connectivity index (χ0n) is 6.88. The van der Waals surface area contributed by atoms with Gasteiger partial charge in [-0.1, -0.05) is 5.04 Å². The Morgan fingerprint density at radius 1 is 0.800 bits per heavy atom. The number of nitrogens with one attached hydrogen (secondary N) is 1. The zero-order valence-corrected chi connectivity index (χ0v) is 6.88. The third-order valence-electron chi connectivity index (χ3n) is 1.60. The average Bonchev–Trinajstić information content (AvgIpc) is 2.24. The molecule has 0 aliphatic heterocycles. The third-order valence-corrected chi connectivity index (χ3v) is 1.60. The molecule has 0 unspecified atom stereocenters. The highest BCUT2D eigenvalue weighted by molar-refractivity contribution is 5.23. The number of rotatable bonds is 3. The second-order valence-corrected chi connectivity index (χ2v) is 2.45. The first kappa shape index (κ1) is 11.8. The van der Waals surface area contributed by atoms with E-state index in [4.69, 9.17) is 0 Å². The molecule has 0 aliphatic rings. The van der Waals surface area contributed by atoms with Crippen LogP contribution in [0, 0.1) is 29.1 Å². The fraction of sp³-hybridized carbons (Fsp3) is 0.143. The summed E-state index contributed by atoms with van der Waals surface area (Å²) in [6.07, 6.45) is 0. The summed E-state index contributed by atoms with van der Waals surface area (Å²) in [5, 5.41) is 2.74. The van der Waals surface area contributed by atoms with E-state index in [1.165, 1.54) is 5.48 Å². The summed E-state index contributed by atoms with van der Waals surface area (Å²) in [5.74, 6) is -10.5. The van der Waals surface area contributed by atoms with Crippen molar-refractivity contribution in [2.45, 2.75) is 6.54 Å². The van der Waals surface area contributed by atoms with Crippen LogP contribution in [-0.2, 0) is 11.6 Å². The van der Waals surface area contributed by atoms with Crippen molar-refractivity contribution in [2.24, 2.45) is 0 Å². The third kappa shape index (κ3) is 2.05. The molecule has 0 saturated heterocycles. The summed E-state index contributed by atoms with van der Waals surface area (Å²) < 4.78 is 74.2. The molecular weight excluding hydrogens is 228 g/mol. The largest absolute Gasteiger partial charge is 0.203 e. The monoisotopic (exact) mass is 231 g/mol. The van der Waals surface area contributed by atoms with Gasteiger partial charge in [-0.2, -0.15) is 5.48 Å². The Balaban J connectivity index is 3.26. The van der Waals surface area contributed by atoms with E-state index in [0.717, 1.165) is 0 Å². The van der Waals surface area contributed by atoms with Gasteiger partial charge in [0, 0.05) is 5.56 Å². The first-order valence-electron chi connectivity index (χ1n) is 3.51. The minimum atomic E-state index is -2.27. The maximum Gasteiger partial charge on any atom is 0.200 e. The summed E-state index contributed by atoms with van der Waals surface area (Å²) >= 11 is 0. The molecule has 1 aromatic carbocycles. The molecule has 0 fully saturated rings. The van der Waals surface area contributed by atoms with E-state index in [-0.39, 0.29) is 0 Å². The number of hydroxylamine groups is 1. The Bertz CT molecular complexity index is 353.